The van der Waals surface area contributed by atoms with Crippen LogP contribution in [-0.4, -0.2) is 17.8 Å². The maximum Gasteiger partial charge on any atom is 0.363 e. The second-order valence-electron chi connectivity index (χ2n) is 6.59. The number of aliphatic imine (C=N–C) groups is 1. The van der Waals surface area contributed by atoms with Crippen LogP contribution in [-0.2, 0) is 9.53 Å². The molecule has 0 radical (unpaired) electrons. The lowest BCUT2D eigenvalue weighted by Crippen LogP contribution is -2.09. The fraction of sp³-hybridized carbons (Fsp3) is 0.0417. The van der Waals surface area contributed by atoms with E-state index in [0.717, 1.165) is 11.1 Å². The molecule has 0 bridgehead atoms. The van der Waals surface area contributed by atoms with Crippen molar-refractivity contribution in [2.24, 2.45) is 4.99 Å². The number of esters is 2. The van der Waals surface area contributed by atoms with Crippen LogP contribution >= 0.6 is 11.6 Å². The van der Waals surface area contributed by atoms with Gasteiger partial charge in [0.25, 0.3) is 0 Å². The number of rotatable bonds is 4. The Bertz CT molecular complexity index is 1200. The molecule has 0 spiro atoms. The van der Waals surface area contributed by atoms with Crippen LogP contribution in [0.1, 0.15) is 27.0 Å². The van der Waals surface area contributed by atoms with Crippen molar-refractivity contribution in [3.05, 3.63) is 106 Å². The molecule has 0 fully saturated rings. The molecule has 30 heavy (non-hydrogen) atoms. The summed E-state index contributed by atoms with van der Waals surface area (Å²) in [6, 6.07) is 20.8. The van der Waals surface area contributed by atoms with E-state index >= 15 is 0 Å². The predicted octanol–water partition coefficient (Wildman–Crippen LogP) is 5.21. The van der Waals surface area contributed by atoms with Crippen molar-refractivity contribution in [3.8, 4) is 5.75 Å². The third-order valence-electron chi connectivity index (χ3n) is 4.49. The van der Waals surface area contributed by atoms with Crippen LogP contribution in [0.3, 0.4) is 0 Å². The molecule has 0 aromatic heterocycles. The highest BCUT2D eigenvalue weighted by Gasteiger charge is 2.25. The standard InChI is InChI=1S/C24H16ClNO4/c1-15-6-2-4-8-19(15)22-26-20(24(28)30-22)14-17-7-3-5-9-21(17)29-23(27)16-10-12-18(25)13-11-16/h2-14H,1H3. The van der Waals surface area contributed by atoms with Gasteiger partial charge in [-0.15, -0.1) is 0 Å². The summed E-state index contributed by atoms with van der Waals surface area (Å²) in [5.41, 5.74) is 2.71. The number of ether oxygens (including phenoxy) is 2. The van der Waals surface area contributed by atoms with Gasteiger partial charge in [0.05, 0.1) is 5.56 Å². The molecule has 148 valence electrons. The minimum atomic E-state index is -0.563. The van der Waals surface area contributed by atoms with Gasteiger partial charge in [-0.3, -0.25) is 0 Å². The van der Waals surface area contributed by atoms with Gasteiger partial charge in [0.1, 0.15) is 5.75 Å². The third kappa shape index (κ3) is 4.16. The number of cyclic esters (lactones) is 1. The van der Waals surface area contributed by atoms with E-state index in [1.807, 2.05) is 31.2 Å². The number of carbonyl (C=O) groups excluding carboxylic acids is 2. The number of aryl methyl sites for hydroxylation is 1. The zero-order chi connectivity index (χ0) is 21.1. The Morgan fingerprint density at radius 3 is 2.47 bits per heavy atom. The summed E-state index contributed by atoms with van der Waals surface area (Å²) in [5, 5.41) is 0.527. The Kier molecular flexibility index (Phi) is 5.46. The van der Waals surface area contributed by atoms with E-state index in [4.69, 9.17) is 21.1 Å². The molecule has 0 aliphatic carbocycles. The topological polar surface area (TPSA) is 65.0 Å². The highest BCUT2D eigenvalue weighted by molar-refractivity contribution is 6.30. The maximum absolute atomic E-state index is 12.4. The smallest absolute Gasteiger partial charge is 0.363 e. The molecule has 0 amide bonds. The lowest BCUT2D eigenvalue weighted by molar-refractivity contribution is -0.129. The van der Waals surface area contributed by atoms with E-state index in [0.29, 0.717) is 21.9 Å². The van der Waals surface area contributed by atoms with Crippen molar-refractivity contribution in [1.29, 1.82) is 0 Å². The predicted molar refractivity (Wildman–Crippen MR) is 115 cm³/mol. The maximum atomic E-state index is 12.4. The zero-order valence-corrected chi connectivity index (χ0v) is 16.7. The SMILES string of the molecule is Cc1ccccc1C1=NC(=Cc2ccccc2OC(=O)c2ccc(Cl)cc2)C(=O)O1. The zero-order valence-electron chi connectivity index (χ0n) is 16.0. The molecule has 0 saturated carbocycles. The summed E-state index contributed by atoms with van der Waals surface area (Å²) in [6.45, 7) is 1.92. The molecule has 0 unspecified atom stereocenters. The van der Waals surface area contributed by atoms with Crippen molar-refractivity contribution in [2.45, 2.75) is 6.92 Å². The Hall–Kier alpha value is -3.70. The van der Waals surface area contributed by atoms with Gasteiger partial charge in [-0.25, -0.2) is 14.6 Å². The Morgan fingerprint density at radius 2 is 1.70 bits per heavy atom. The van der Waals surface area contributed by atoms with E-state index in [1.54, 1.807) is 48.5 Å². The highest BCUT2D eigenvalue weighted by Crippen LogP contribution is 2.26. The molecule has 5 nitrogen and oxygen atoms in total. The summed E-state index contributed by atoms with van der Waals surface area (Å²) in [6.07, 6.45) is 1.54. The summed E-state index contributed by atoms with van der Waals surface area (Å²) in [7, 11) is 0. The average molecular weight is 418 g/mol. The molecule has 3 aromatic carbocycles. The monoisotopic (exact) mass is 417 g/mol. The first-order valence-corrected chi connectivity index (χ1v) is 9.54. The average Bonchev–Trinajstić information content (AvgIpc) is 3.10. The van der Waals surface area contributed by atoms with Crippen LogP contribution in [0.4, 0.5) is 0 Å². The van der Waals surface area contributed by atoms with Crippen LogP contribution < -0.4 is 4.74 Å². The number of benzene rings is 3. The number of hydrogen-bond donors (Lipinski definition) is 0. The van der Waals surface area contributed by atoms with Gasteiger partial charge in [0.2, 0.25) is 5.90 Å². The van der Waals surface area contributed by atoms with E-state index in [9.17, 15) is 9.59 Å². The Morgan fingerprint density at radius 1 is 1.00 bits per heavy atom. The molecule has 3 aromatic rings. The van der Waals surface area contributed by atoms with Gasteiger partial charge in [-0.05, 0) is 55.0 Å². The normalized spacial score (nSPS) is 14.4. The van der Waals surface area contributed by atoms with Crippen LogP contribution in [0.5, 0.6) is 5.75 Å². The van der Waals surface area contributed by atoms with Gasteiger partial charge in [0, 0.05) is 16.1 Å². The quantitative estimate of drug-likeness (QED) is 0.332. The molecule has 1 aliphatic rings. The third-order valence-corrected chi connectivity index (χ3v) is 4.74. The first-order valence-electron chi connectivity index (χ1n) is 9.16. The van der Waals surface area contributed by atoms with E-state index < -0.39 is 11.9 Å². The summed E-state index contributed by atoms with van der Waals surface area (Å²) < 4.78 is 10.9. The van der Waals surface area contributed by atoms with Crippen molar-refractivity contribution in [1.82, 2.24) is 0 Å². The van der Waals surface area contributed by atoms with Gasteiger partial charge in [0.15, 0.2) is 5.70 Å². The second-order valence-corrected chi connectivity index (χ2v) is 7.02. The summed E-state index contributed by atoms with van der Waals surface area (Å²) in [5.74, 6) is -0.542. The van der Waals surface area contributed by atoms with E-state index in [2.05, 4.69) is 4.99 Å². The minimum absolute atomic E-state index is 0.128. The second kappa shape index (κ2) is 8.35. The van der Waals surface area contributed by atoms with Crippen molar-refractivity contribution in [3.63, 3.8) is 0 Å². The van der Waals surface area contributed by atoms with E-state index in [1.165, 1.54) is 6.08 Å². The Balaban J connectivity index is 1.63. The van der Waals surface area contributed by atoms with Crippen LogP contribution in [0, 0.1) is 6.92 Å². The number of nitrogens with zero attached hydrogens (tertiary/aromatic N) is 1. The van der Waals surface area contributed by atoms with Gasteiger partial charge in [-0.1, -0.05) is 48.0 Å². The van der Waals surface area contributed by atoms with Crippen LogP contribution in [0.2, 0.25) is 5.02 Å². The Labute approximate surface area is 178 Å². The van der Waals surface area contributed by atoms with Crippen LogP contribution in [0.25, 0.3) is 6.08 Å². The lowest BCUT2D eigenvalue weighted by Gasteiger charge is -2.07. The van der Waals surface area contributed by atoms with Crippen LogP contribution in [0.15, 0.2) is 83.5 Å². The number of halogens is 1. The van der Waals surface area contributed by atoms with Crippen molar-refractivity contribution in [2.75, 3.05) is 0 Å². The first-order chi connectivity index (χ1) is 14.5. The minimum Gasteiger partial charge on any atom is -0.422 e. The molecular weight excluding hydrogens is 402 g/mol. The fourth-order valence-electron chi connectivity index (χ4n) is 2.92. The number of hydrogen-bond acceptors (Lipinski definition) is 5. The molecule has 0 N–H and O–H groups in total. The number of para-hydroxylation sites is 1. The fourth-order valence-corrected chi connectivity index (χ4v) is 3.05. The summed E-state index contributed by atoms with van der Waals surface area (Å²) >= 11 is 5.86. The van der Waals surface area contributed by atoms with E-state index in [-0.39, 0.29) is 11.6 Å². The molecule has 1 heterocycles. The molecule has 0 atom stereocenters. The molecular formula is C24H16ClNO4. The largest absolute Gasteiger partial charge is 0.422 e. The molecule has 1 aliphatic heterocycles. The first kappa shape index (κ1) is 19.6. The molecule has 0 saturated heterocycles. The van der Waals surface area contributed by atoms with Crippen molar-refractivity contribution < 1.29 is 19.1 Å². The van der Waals surface area contributed by atoms with Crippen molar-refractivity contribution >= 4 is 35.5 Å². The highest BCUT2D eigenvalue weighted by atomic mass is 35.5. The number of carbonyl (C=O) groups is 2. The van der Waals surface area contributed by atoms with Gasteiger partial charge >= 0.3 is 11.9 Å². The van der Waals surface area contributed by atoms with Gasteiger partial charge in [-0.2, -0.15) is 0 Å². The summed E-state index contributed by atoms with van der Waals surface area (Å²) in [4.78, 5) is 29.1. The lowest BCUT2D eigenvalue weighted by atomic mass is 10.1. The molecule has 6 heteroatoms. The van der Waals surface area contributed by atoms with Gasteiger partial charge < -0.3 is 9.47 Å². The molecule has 4 rings (SSSR count).